The fourth-order valence-corrected chi connectivity index (χ4v) is 5.96. The summed E-state index contributed by atoms with van der Waals surface area (Å²) in [5.41, 5.74) is 5.69. The van der Waals surface area contributed by atoms with Gasteiger partial charge in [0.2, 0.25) is 5.95 Å². The molecule has 1 unspecified atom stereocenters. The van der Waals surface area contributed by atoms with Crippen LogP contribution >= 0.6 is 19.3 Å². The summed E-state index contributed by atoms with van der Waals surface area (Å²) in [4.78, 5) is 31.6. The molecule has 1 aliphatic heterocycles. The second-order valence-corrected chi connectivity index (χ2v) is 11.1. The lowest BCUT2D eigenvalue weighted by Crippen LogP contribution is -2.34. The Bertz CT molecular complexity index is 1040. The zero-order valence-corrected chi connectivity index (χ0v) is 19.4. The molecule has 182 valence electrons. The Hall–Kier alpha value is -2.24. The molecule has 0 aliphatic carbocycles. The molecule has 0 amide bonds. The molecule has 1 aromatic heterocycles. The molecule has 1 saturated heterocycles. The number of nitrogens with two attached hydrogens (primary N) is 1. The van der Waals surface area contributed by atoms with Gasteiger partial charge in [0.25, 0.3) is 7.52 Å². The molecule has 0 radical (unpaired) electrons. The number of thioether (sulfide) groups is 1. The smallest absolute Gasteiger partial charge is 0.353 e. The lowest BCUT2D eigenvalue weighted by atomic mass is 10.2. The van der Waals surface area contributed by atoms with E-state index in [1.54, 1.807) is 0 Å². The van der Waals surface area contributed by atoms with Crippen molar-refractivity contribution in [1.82, 2.24) is 19.6 Å². The van der Waals surface area contributed by atoms with Crippen LogP contribution in [0.25, 0.3) is 0 Å². The topological polar surface area (TPSA) is 159 Å². The minimum absolute atomic E-state index is 0. The van der Waals surface area contributed by atoms with Crippen molar-refractivity contribution in [2.75, 3.05) is 19.0 Å². The maximum atomic E-state index is 12.8. The molecule has 3 rings (SSSR count). The van der Waals surface area contributed by atoms with E-state index in [9.17, 15) is 19.3 Å². The lowest BCUT2D eigenvalue weighted by Gasteiger charge is -2.22. The molecule has 0 bridgehead atoms. The van der Waals surface area contributed by atoms with Crippen molar-refractivity contribution >= 4 is 31.2 Å². The summed E-state index contributed by atoms with van der Waals surface area (Å²) in [5, 5.41) is 12.2. The summed E-state index contributed by atoms with van der Waals surface area (Å²) >= 11 is 1.29. The van der Waals surface area contributed by atoms with Crippen molar-refractivity contribution in [1.29, 1.82) is 0 Å². The van der Waals surface area contributed by atoms with Gasteiger partial charge >= 0.3 is 11.7 Å². The number of carbonyl (C=O) groups excluding carboxylic acids is 1. The number of rotatable bonds is 9. The summed E-state index contributed by atoms with van der Waals surface area (Å²) in [5.74, 6) is -0.679. The van der Waals surface area contributed by atoms with E-state index in [2.05, 4.69) is 15.1 Å². The normalized spacial score (nSPS) is 22.7. The molecular formula is C20H30N5O6PS. The van der Waals surface area contributed by atoms with E-state index < -0.39 is 41.9 Å². The van der Waals surface area contributed by atoms with Crippen LogP contribution in [0, 0.1) is 0 Å². The number of benzene rings is 1. The number of ether oxygens (including phenoxy) is 1. The summed E-state index contributed by atoms with van der Waals surface area (Å²) in [6.07, 6.45) is 0.769. The highest BCUT2D eigenvalue weighted by atomic mass is 32.2. The molecule has 5 atom stereocenters. The van der Waals surface area contributed by atoms with Gasteiger partial charge in [0.15, 0.2) is 0 Å². The highest BCUT2D eigenvalue weighted by Crippen LogP contribution is 2.44. The van der Waals surface area contributed by atoms with Gasteiger partial charge < -0.3 is 20.1 Å². The standard InChI is InChI=1S/C19H26N5O6PS.CH4/c1-12(17(26)29-9-13-6-4-3-5-7-13)23-31(2,28)30-10-15-14(25)8-16(32-15)24-11-21-18(20)22-19(24)27;/h3-7,11-12,14-16,25H,8-10H2,1-2H3,(H,23,28)(H2,20,22,27);1H4/t12-,14+,15+,16+,31?;/m0./s1. The van der Waals surface area contributed by atoms with Gasteiger partial charge in [-0.25, -0.2) is 14.9 Å². The predicted molar refractivity (Wildman–Crippen MR) is 127 cm³/mol. The van der Waals surface area contributed by atoms with Crippen LogP contribution < -0.4 is 16.5 Å². The first-order chi connectivity index (χ1) is 15.1. The number of carbonyl (C=O) groups is 1. The van der Waals surface area contributed by atoms with Gasteiger partial charge in [-0.2, -0.15) is 4.98 Å². The monoisotopic (exact) mass is 499 g/mol. The first kappa shape index (κ1) is 27.0. The second-order valence-electron chi connectivity index (χ2n) is 7.42. The summed E-state index contributed by atoms with van der Waals surface area (Å²) in [6, 6.07) is 8.37. The van der Waals surface area contributed by atoms with Crippen molar-refractivity contribution in [2.24, 2.45) is 0 Å². The zero-order valence-electron chi connectivity index (χ0n) is 17.7. The van der Waals surface area contributed by atoms with Gasteiger partial charge in [0, 0.05) is 13.1 Å². The molecule has 13 heteroatoms. The number of aromatic nitrogens is 3. The maximum Gasteiger partial charge on any atom is 0.353 e. The number of nitrogens with zero attached hydrogens (tertiary/aromatic N) is 3. The van der Waals surface area contributed by atoms with Crippen LogP contribution in [0.3, 0.4) is 0 Å². The Labute approximate surface area is 196 Å². The summed E-state index contributed by atoms with van der Waals surface area (Å²) in [6.45, 7) is 2.96. The first-order valence-corrected chi connectivity index (χ1v) is 12.9. The average molecular weight is 500 g/mol. The Morgan fingerprint density at radius 2 is 2.12 bits per heavy atom. The minimum atomic E-state index is -3.37. The van der Waals surface area contributed by atoms with E-state index in [0.717, 1.165) is 5.56 Å². The van der Waals surface area contributed by atoms with Crippen LogP contribution in [0.15, 0.2) is 41.5 Å². The fourth-order valence-electron chi connectivity index (χ4n) is 3.10. The molecule has 1 aliphatic rings. The van der Waals surface area contributed by atoms with Crippen molar-refractivity contribution < 1.29 is 23.7 Å². The molecule has 0 saturated carbocycles. The molecule has 11 nitrogen and oxygen atoms in total. The van der Waals surface area contributed by atoms with Gasteiger partial charge in [-0.05, 0) is 12.5 Å². The van der Waals surface area contributed by atoms with Gasteiger partial charge in [0.1, 0.15) is 19.0 Å². The van der Waals surface area contributed by atoms with Gasteiger partial charge in [-0.15, -0.1) is 11.8 Å². The molecule has 0 spiro atoms. The Morgan fingerprint density at radius 1 is 1.42 bits per heavy atom. The molecule has 2 aromatic rings. The molecule has 2 heterocycles. The van der Waals surface area contributed by atoms with Crippen LogP contribution in [-0.4, -0.2) is 56.3 Å². The molecule has 1 aromatic carbocycles. The van der Waals surface area contributed by atoms with Crippen LogP contribution in [0.1, 0.15) is 31.7 Å². The quantitative estimate of drug-likeness (QED) is 0.341. The number of aliphatic hydroxyl groups is 1. The van der Waals surface area contributed by atoms with Crippen molar-refractivity contribution in [3.63, 3.8) is 0 Å². The number of anilines is 1. The van der Waals surface area contributed by atoms with E-state index >= 15 is 0 Å². The maximum absolute atomic E-state index is 12.8. The Morgan fingerprint density at radius 3 is 2.79 bits per heavy atom. The van der Waals surface area contributed by atoms with E-state index in [0.29, 0.717) is 0 Å². The number of hydrogen-bond acceptors (Lipinski definition) is 10. The van der Waals surface area contributed by atoms with E-state index in [1.807, 2.05) is 30.3 Å². The number of hydrogen-bond donors (Lipinski definition) is 3. The van der Waals surface area contributed by atoms with Crippen molar-refractivity contribution in [3.05, 3.63) is 52.7 Å². The van der Waals surface area contributed by atoms with Crippen molar-refractivity contribution in [2.45, 2.75) is 50.1 Å². The third kappa shape index (κ3) is 7.65. The zero-order chi connectivity index (χ0) is 23.3. The van der Waals surface area contributed by atoms with Crippen LogP contribution in [0.2, 0.25) is 0 Å². The predicted octanol–water partition coefficient (Wildman–Crippen LogP) is 1.78. The number of esters is 1. The Kier molecular flexibility index (Phi) is 9.62. The first-order valence-electron chi connectivity index (χ1n) is 9.89. The third-order valence-electron chi connectivity index (χ3n) is 4.75. The largest absolute Gasteiger partial charge is 0.460 e. The summed E-state index contributed by atoms with van der Waals surface area (Å²) < 4.78 is 24.8. The van der Waals surface area contributed by atoms with Crippen molar-refractivity contribution in [3.8, 4) is 0 Å². The van der Waals surface area contributed by atoms with Crippen LogP contribution in [-0.2, 0) is 25.2 Å². The lowest BCUT2D eigenvalue weighted by molar-refractivity contribution is -0.146. The number of nitrogens with one attached hydrogen (secondary N) is 1. The van der Waals surface area contributed by atoms with E-state index in [1.165, 1.54) is 36.2 Å². The highest BCUT2D eigenvalue weighted by Gasteiger charge is 2.37. The minimum Gasteiger partial charge on any atom is -0.460 e. The van der Waals surface area contributed by atoms with E-state index in [4.69, 9.17) is 15.0 Å². The fraction of sp³-hybridized carbons (Fsp3) is 0.500. The second kappa shape index (κ2) is 11.8. The molecule has 4 N–H and O–H groups in total. The SMILES string of the molecule is C.C[C@H](NP(C)(=O)OC[C@H]1S[C@@H](n2cnc(N)nc2=O)C[C@H]1O)C(=O)OCc1ccccc1. The van der Waals surface area contributed by atoms with Crippen LogP contribution in [0.5, 0.6) is 0 Å². The van der Waals surface area contributed by atoms with Gasteiger partial charge in [-0.1, -0.05) is 37.8 Å². The van der Waals surface area contributed by atoms with Gasteiger partial charge in [-0.3, -0.25) is 13.9 Å². The average Bonchev–Trinajstić information content (AvgIpc) is 3.11. The Balaban J connectivity index is 0.00000385. The third-order valence-corrected chi connectivity index (χ3v) is 7.78. The summed E-state index contributed by atoms with van der Waals surface area (Å²) in [7, 11) is -3.37. The number of nitrogen functional groups attached to an aromatic ring is 1. The molecular weight excluding hydrogens is 469 g/mol. The van der Waals surface area contributed by atoms with Gasteiger partial charge in [0.05, 0.1) is 23.3 Å². The number of aliphatic hydroxyl groups excluding tert-OH is 1. The van der Waals surface area contributed by atoms with Crippen LogP contribution in [0.4, 0.5) is 5.95 Å². The molecule has 33 heavy (non-hydrogen) atoms. The highest BCUT2D eigenvalue weighted by molar-refractivity contribution is 8.00. The molecule has 1 fully saturated rings. The van der Waals surface area contributed by atoms with E-state index in [-0.39, 0.29) is 33.0 Å².